The first kappa shape index (κ1) is 18.2. The van der Waals surface area contributed by atoms with Crippen LogP contribution in [0.5, 0.6) is 0 Å². The van der Waals surface area contributed by atoms with E-state index >= 15 is 0 Å². The van der Waals surface area contributed by atoms with E-state index in [-0.39, 0.29) is 0 Å². The van der Waals surface area contributed by atoms with E-state index in [2.05, 4.69) is 6.58 Å². The second-order valence-corrected chi connectivity index (χ2v) is 5.83. The van der Waals surface area contributed by atoms with Crippen molar-refractivity contribution in [2.75, 3.05) is 0 Å². The van der Waals surface area contributed by atoms with Crippen LogP contribution in [0.4, 0.5) is 17.6 Å². The second kappa shape index (κ2) is 6.77. The molecule has 24 heavy (non-hydrogen) atoms. The van der Waals surface area contributed by atoms with E-state index in [1.54, 1.807) is 30.3 Å². The molecule has 2 aromatic rings. The van der Waals surface area contributed by atoms with E-state index in [1.165, 1.54) is 18.2 Å². The third kappa shape index (κ3) is 3.22. The highest BCUT2D eigenvalue weighted by atomic mass is 19.3. The lowest BCUT2D eigenvalue weighted by Gasteiger charge is -2.41. The minimum absolute atomic E-state index is 0.394. The van der Waals surface area contributed by atoms with E-state index in [1.807, 2.05) is 0 Å². The average molecular weight is 337 g/mol. The Morgan fingerprint density at radius 1 is 0.875 bits per heavy atom. The molecule has 128 valence electrons. The van der Waals surface area contributed by atoms with Gasteiger partial charge in [0.15, 0.2) is 0 Å². The molecule has 0 aliphatic heterocycles. The van der Waals surface area contributed by atoms with E-state index in [0.29, 0.717) is 5.56 Å². The fourth-order valence-electron chi connectivity index (χ4n) is 2.67. The normalized spacial score (nSPS) is 14.9. The second-order valence-electron chi connectivity index (χ2n) is 5.83. The van der Waals surface area contributed by atoms with Gasteiger partial charge in [-0.3, -0.25) is 0 Å². The molecule has 0 saturated carbocycles. The van der Waals surface area contributed by atoms with Crippen LogP contribution >= 0.6 is 0 Å². The van der Waals surface area contributed by atoms with Gasteiger partial charge in [0.25, 0.3) is 0 Å². The molecule has 1 unspecified atom stereocenters. The van der Waals surface area contributed by atoms with Crippen LogP contribution < -0.4 is 5.73 Å². The summed E-state index contributed by atoms with van der Waals surface area (Å²) < 4.78 is 59.0. The van der Waals surface area contributed by atoms with E-state index < -0.39 is 35.8 Å². The van der Waals surface area contributed by atoms with Gasteiger partial charge < -0.3 is 5.73 Å². The Hall–Kier alpha value is -2.14. The monoisotopic (exact) mass is 337 g/mol. The number of benzene rings is 2. The fourth-order valence-corrected chi connectivity index (χ4v) is 2.67. The number of alkyl halides is 4. The van der Waals surface area contributed by atoms with Gasteiger partial charge in [-0.2, -0.15) is 17.6 Å². The van der Waals surface area contributed by atoms with Crippen molar-refractivity contribution in [1.82, 2.24) is 0 Å². The fraction of sp³-hybridized carbons (Fsp3) is 0.263. The molecule has 0 aliphatic carbocycles. The Labute approximate surface area is 138 Å². The minimum atomic E-state index is -4.47. The maximum Gasteiger partial charge on any atom is 0.337 e. The Kier molecular flexibility index (Phi) is 5.13. The molecule has 5 heteroatoms. The molecule has 0 aromatic heterocycles. The molecule has 0 aliphatic rings. The highest BCUT2D eigenvalue weighted by Crippen LogP contribution is 2.50. The molecule has 1 nitrogen and oxygen atoms in total. The lowest BCUT2D eigenvalue weighted by molar-refractivity contribution is -0.250. The summed E-state index contributed by atoms with van der Waals surface area (Å²) in [6, 6.07) is 14.2. The topological polar surface area (TPSA) is 26.0 Å². The van der Waals surface area contributed by atoms with Crippen LogP contribution in [-0.4, -0.2) is 11.5 Å². The summed E-state index contributed by atoms with van der Waals surface area (Å²) in [6.07, 6.45) is 0.310. The summed E-state index contributed by atoms with van der Waals surface area (Å²) in [5, 5.41) is 0. The molecular weight excluding hydrogens is 318 g/mol. The summed E-state index contributed by atoms with van der Waals surface area (Å²) >= 11 is 0. The lowest BCUT2D eigenvalue weighted by atomic mass is 9.78. The number of rotatable bonds is 7. The van der Waals surface area contributed by atoms with Crippen LogP contribution in [0.25, 0.3) is 0 Å². The van der Waals surface area contributed by atoms with Gasteiger partial charge in [0, 0.05) is 5.56 Å². The van der Waals surface area contributed by atoms with Gasteiger partial charge in [0.2, 0.25) is 0 Å². The van der Waals surface area contributed by atoms with Crippen molar-refractivity contribution < 1.29 is 17.6 Å². The van der Waals surface area contributed by atoms with Crippen LogP contribution in [0.15, 0.2) is 73.3 Å². The summed E-state index contributed by atoms with van der Waals surface area (Å²) in [6.45, 7) is 3.40. The van der Waals surface area contributed by atoms with E-state index in [4.69, 9.17) is 5.73 Å². The van der Waals surface area contributed by atoms with E-state index in [0.717, 1.165) is 18.2 Å². The van der Waals surface area contributed by atoms with Crippen LogP contribution in [0.1, 0.15) is 17.5 Å². The van der Waals surface area contributed by atoms with Crippen molar-refractivity contribution in [3.63, 3.8) is 0 Å². The zero-order valence-electron chi connectivity index (χ0n) is 13.1. The van der Waals surface area contributed by atoms with Crippen LogP contribution in [0.3, 0.4) is 0 Å². The largest absolute Gasteiger partial charge is 0.337 e. The van der Waals surface area contributed by atoms with Gasteiger partial charge in [-0.1, -0.05) is 66.7 Å². The standard InChI is InChI=1S/C19H19F4N/c1-2-13-17(24,14-15-9-5-3-6-10-15)19(22,23)18(20,21)16-11-7-4-8-12-16/h2-12H,1,13-14,24H2. The summed E-state index contributed by atoms with van der Waals surface area (Å²) in [5.74, 6) is -8.87. The minimum Gasteiger partial charge on any atom is -0.319 e. The number of hydrogen-bond donors (Lipinski definition) is 1. The van der Waals surface area contributed by atoms with Gasteiger partial charge in [-0.05, 0) is 18.4 Å². The maximum absolute atomic E-state index is 14.9. The van der Waals surface area contributed by atoms with Gasteiger partial charge >= 0.3 is 11.8 Å². The predicted molar refractivity (Wildman–Crippen MR) is 87.2 cm³/mol. The first-order valence-electron chi connectivity index (χ1n) is 7.49. The Bertz CT molecular complexity index is 670. The molecular formula is C19H19F4N. The molecule has 0 heterocycles. The average Bonchev–Trinajstić information content (AvgIpc) is 2.56. The SMILES string of the molecule is C=CCC(N)(Cc1ccccc1)C(F)(F)C(F)(F)c1ccccc1. The zero-order chi connectivity index (χ0) is 17.8. The first-order valence-corrected chi connectivity index (χ1v) is 7.49. The summed E-state index contributed by atoms with van der Waals surface area (Å²) in [7, 11) is 0. The third-order valence-corrected chi connectivity index (χ3v) is 4.03. The van der Waals surface area contributed by atoms with Crippen molar-refractivity contribution >= 4 is 0 Å². The Morgan fingerprint density at radius 2 is 1.38 bits per heavy atom. The van der Waals surface area contributed by atoms with Gasteiger partial charge in [0.05, 0.1) is 5.54 Å². The van der Waals surface area contributed by atoms with E-state index in [9.17, 15) is 17.6 Å². The van der Waals surface area contributed by atoms with Crippen LogP contribution in [-0.2, 0) is 12.3 Å². The highest BCUT2D eigenvalue weighted by Gasteiger charge is 2.67. The van der Waals surface area contributed by atoms with Gasteiger partial charge in [0.1, 0.15) is 0 Å². The van der Waals surface area contributed by atoms with Crippen molar-refractivity contribution in [3.8, 4) is 0 Å². The molecule has 0 spiro atoms. The molecule has 2 N–H and O–H groups in total. The van der Waals surface area contributed by atoms with Crippen LogP contribution in [0, 0.1) is 0 Å². The van der Waals surface area contributed by atoms with Crippen LogP contribution in [0.2, 0.25) is 0 Å². The molecule has 2 aromatic carbocycles. The summed E-state index contributed by atoms with van der Waals surface area (Å²) in [4.78, 5) is 0. The highest BCUT2D eigenvalue weighted by molar-refractivity contribution is 5.28. The molecule has 0 bridgehead atoms. The lowest BCUT2D eigenvalue weighted by Crippen LogP contribution is -2.63. The van der Waals surface area contributed by atoms with Crippen molar-refractivity contribution in [3.05, 3.63) is 84.4 Å². The molecule has 2 rings (SSSR count). The van der Waals surface area contributed by atoms with Gasteiger partial charge in [-0.25, -0.2) is 0 Å². The number of halogens is 4. The van der Waals surface area contributed by atoms with Crippen molar-refractivity contribution in [1.29, 1.82) is 0 Å². The smallest absolute Gasteiger partial charge is 0.319 e. The van der Waals surface area contributed by atoms with Crippen molar-refractivity contribution in [2.45, 2.75) is 30.2 Å². The maximum atomic E-state index is 14.9. The third-order valence-electron chi connectivity index (χ3n) is 4.03. The van der Waals surface area contributed by atoms with Gasteiger partial charge in [-0.15, -0.1) is 6.58 Å². The molecule has 0 amide bonds. The first-order chi connectivity index (χ1) is 11.2. The Balaban J connectivity index is 2.45. The molecule has 0 saturated heterocycles. The summed E-state index contributed by atoms with van der Waals surface area (Å²) in [5.41, 5.74) is 3.08. The molecule has 1 atom stereocenters. The molecule has 0 fully saturated rings. The quantitative estimate of drug-likeness (QED) is 0.563. The predicted octanol–water partition coefficient (Wildman–Crippen LogP) is 4.93. The van der Waals surface area contributed by atoms with Crippen molar-refractivity contribution in [2.24, 2.45) is 5.73 Å². The number of hydrogen-bond acceptors (Lipinski definition) is 1. The Morgan fingerprint density at radius 3 is 1.88 bits per heavy atom. The number of nitrogens with two attached hydrogens (primary N) is 1. The zero-order valence-corrected chi connectivity index (χ0v) is 13.1. The molecule has 0 radical (unpaired) electrons.